The number of aryl methyl sites for hydroxylation is 2. The lowest BCUT2D eigenvalue weighted by molar-refractivity contribution is -0.119. The quantitative estimate of drug-likeness (QED) is 0.717. The summed E-state index contributed by atoms with van der Waals surface area (Å²) in [6.07, 6.45) is 0. The molecule has 7 heteroatoms. The van der Waals surface area contributed by atoms with Gasteiger partial charge in [0.1, 0.15) is 0 Å². The molecule has 0 aliphatic carbocycles. The van der Waals surface area contributed by atoms with Gasteiger partial charge in [0.15, 0.2) is 18.1 Å². The van der Waals surface area contributed by atoms with Crippen molar-refractivity contribution in [3.05, 3.63) is 52.0 Å². The third kappa shape index (κ3) is 5.62. The molecule has 0 aliphatic rings. The largest absolute Gasteiger partial charge is 0.493 e. The van der Waals surface area contributed by atoms with E-state index in [0.29, 0.717) is 23.8 Å². The summed E-state index contributed by atoms with van der Waals surface area (Å²) in [6.45, 7) is 5.67. The summed E-state index contributed by atoms with van der Waals surface area (Å²) in [6, 6.07) is 8.55. The van der Waals surface area contributed by atoms with Crippen LogP contribution in [0.15, 0.2) is 30.3 Å². The zero-order valence-electron chi connectivity index (χ0n) is 15.7. The monoisotopic (exact) mass is 391 g/mol. The number of hydrogen-bond donors (Lipinski definition) is 1. The number of methoxy groups -OCH3 is 1. The molecule has 6 nitrogen and oxygen atoms in total. The Balaban J connectivity index is 2.02. The maximum atomic E-state index is 12.2. The van der Waals surface area contributed by atoms with Crippen molar-refractivity contribution in [1.29, 1.82) is 0 Å². The van der Waals surface area contributed by atoms with Gasteiger partial charge in [-0.15, -0.1) is 0 Å². The molecule has 27 heavy (non-hydrogen) atoms. The lowest BCUT2D eigenvalue weighted by atomic mass is 10.1. The van der Waals surface area contributed by atoms with Gasteiger partial charge in [0.25, 0.3) is 5.91 Å². The first-order valence-corrected chi connectivity index (χ1v) is 8.77. The number of carbonyl (C=O) groups is 2. The molecule has 0 spiro atoms. The number of esters is 1. The van der Waals surface area contributed by atoms with Gasteiger partial charge in [0.05, 0.1) is 24.3 Å². The average Bonchev–Trinajstić information content (AvgIpc) is 2.60. The van der Waals surface area contributed by atoms with Gasteiger partial charge in [-0.1, -0.05) is 17.7 Å². The number of nitrogens with one attached hydrogen (secondary N) is 1. The summed E-state index contributed by atoms with van der Waals surface area (Å²) in [5.74, 6) is -0.451. The van der Waals surface area contributed by atoms with Crippen LogP contribution in [0.2, 0.25) is 5.02 Å². The van der Waals surface area contributed by atoms with Gasteiger partial charge in [-0.3, -0.25) is 4.79 Å². The van der Waals surface area contributed by atoms with Gasteiger partial charge < -0.3 is 19.5 Å². The molecule has 0 unspecified atom stereocenters. The summed E-state index contributed by atoms with van der Waals surface area (Å²) >= 11 is 6.14. The first-order valence-electron chi connectivity index (χ1n) is 8.39. The number of benzene rings is 2. The van der Waals surface area contributed by atoms with Gasteiger partial charge >= 0.3 is 5.97 Å². The number of anilines is 1. The second-order valence-electron chi connectivity index (χ2n) is 5.92. The molecular formula is C20H22ClNO5. The van der Waals surface area contributed by atoms with E-state index in [4.69, 9.17) is 25.8 Å². The number of amides is 1. The van der Waals surface area contributed by atoms with Gasteiger partial charge in [0.2, 0.25) is 0 Å². The van der Waals surface area contributed by atoms with E-state index in [0.717, 1.165) is 11.1 Å². The third-order valence-corrected chi connectivity index (χ3v) is 3.87. The number of hydrogen-bond acceptors (Lipinski definition) is 5. The predicted octanol–water partition coefficient (Wildman–Crippen LogP) is 4.16. The Labute approximate surface area is 163 Å². The first-order chi connectivity index (χ1) is 12.8. The summed E-state index contributed by atoms with van der Waals surface area (Å²) in [5, 5.41) is 2.93. The number of ether oxygens (including phenoxy) is 3. The number of carbonyl (C=O) groups excluding carboxylic acids is 2. The van der Waals surface area contributed by atoms with Crippen molar-refractivity contribution in [1.82, 2.24) is 0 Å². The number of rotatable bonds is 7. The Kier molecular flexibility index (Phi) is 7.07. The minimum Gasteiger partial charge on any atom is -0.493 e. The molecule has 0 atom stereocenters. The van der Waals surface area contributed by atoms with Crippen LogP contribution in [0.25, 0.3) is 0 Å². The van der Waals surface area contributed by atoms with Crippen molar-refractivity contribution in [2.75, 3.05) is 25.6 Å². The fourth-order valence-corrected chi connectivity index (χ4v) is 2.85. The van der Waals surface area contributed by atoms with Crippen LogP contribution in [0.5, 0.6) is 11.5 Å². The lowest BCUT2D eigenvalue weighted by Gasteiger charge is -2.13. The first kappa shape index (κ1) is 20.6. The van der Waals surface area contributed by atoms with Crippen LogP contribution >= 0.6 is 11.6 Å². The van der Waals surface area contributed by atoms with Crippen LogP contribution in [0.1, 0.15) is 28.4 Å². The summed E-state index contributed by atoms with van der Waals surface area (Å²) in [4.78, 5) is 24.3. The Morgan fingerprint density at radius 2 is 1.74 bits per heavy atom. The summed E-state index contributed by atoms with van der Waals surface area (Å²) in [7, 11) is 1.45. The van der Waals surface area contributed by atoms with Crippen molar-refractivity contribution >= 4 is 29.2 Å². The Hall–Kier alpha value is -2.73. The molecule has 0 bridgehead atoms. The van der Waals surface area contributed by atoms with Crippen LogP contribution in [0.4, 0.5) is 5.69 Å². The SMILES string of the molecule is CCOc1c(Cl)cc(C(=O)OCC(=O)Nc2cc(C)cc(C)c2)cc1OC. The predicted molar refractivity (Wildman–Crippen MR) is 104 cm³/mol. The second kappa shape index (κ2) is 9.28. The third-order valence-electron chi connectivity index (χ3n) is 3.59. The highest BCUT2D eigenvalue weighted by Gasteiger charge is 2.17. The molecular weight excluding hydrogens is 370 g/mol. The van der Waals surface area contributed by atoms with E-state index in [-0.39, 0.29) is 10.6 Å². The minimum atomic E-state index is -0.686. The van der Waals surface area contributed by atoms with E-state index in [1.807, 2.05) is 39.0 Å². The number of halogens is 1. The van der Waals surface area contributed by atoms with E-state index in [1.165, 1.54) is 19.2 Å². The maximum Gasteiger partial charge on any atom is 0.338 e. The highest BCUT2D eigenvalue weighted by molar-refractivity contribution is 6.32. The molecule has 0 fully saturated rings. The molecule has 2 aromatic carbocycles. The molecule has 1 N–H and O–H groups in total. The zero-order valence-corrected chi connectivity index (χ0v) is 16.5. The Morgan fingerprint density at radius 1 is 1.07 bits per heavy atom. The van der Waals surface area contributed by atoms with Crippen LogP contribution in [0.3, 0.4) is 0 Å². The molecule has 0 aromatic heterocycles. The standard InChI is InChI=1S/C20H22ClNO5/c1-5-26-19-16(21)9-14(10-17(19)25-4)20(24)27-11-18(23)22-15-7-12(2)6-13(3)8-15/h6-10H,5,11H2,1-4H3,(H,22,23). The smallest absolute Gasteiger partial charge is 0.338 e. The molecule has 0 heterocycles. The van der Waals surface area contributed by atoms with E-state index in [1.54, 1.807) is 0 Å². The second-order valence-corrected chi connectivity index (χ2v) is 6.33. The van der Waals surface area contributed by atoms with E-state index in [9.17, 15) is 9.59 Å². The van der Waals surface area contributed by atoms with Crippen molar-refractivity contribution in [3.63, 3.8) is 0 Å². The van der Waals surface area contributed by atoms with Gasteiger partial charge in [-0.2, -0.15) is 0 Å². The topological polar surface area (TPSA) is 73.9 Å². The molecule has 0 radical (unpaired) electrons. The molecule has 0 saturated carbocycles. The van der Waals surface area contributed by atoms with E-state index < -0.39 is 18.5 Å². The van der Waals surface area contributed by atoms with Crippen molar-refractivity contribution in [3.8, 4) is 11.5 Å². The fourth-order valence-electron chi connectivity index (χ4n) is 2.58. The van der Waals surface area contributed by atoms with Crippen molar-refractivity contribution in [2.24, 2.45) is 0 Å². The minimum absolute atomic E-state index is 0.166. The molecule has 2 aromatic rings. The Bertz CT molecular complexity index is 830. The molecule has 0 saturated heterocycles. The summed E-state index contributed by atoms with van der Waals surface area (Å²) in [5.41, 5.74) is 2.87. The van der Waals surface area contributed by atoms with E-state index in [2.05, 4.69) is 5.32 Å². The summed E-state index contributed by atoms with van der Waals surface area (Å²) < 4.78 is 15.7. The fraction of sp³-hybridized carbons (Fsp3) is 0.300. The van der Waals surface area contributed by atoms with Gasteiger partial charge in [-0.05, 0) is 56.2 Å². The average molecular weight is 392 g/mol. The van der Waals surface area contributed by atoms with Crippen molar-refractivity contribution in [2.45, 2.75) is 20.8 Å². The van der Waals surface area contributed by atoms with Crippen molar-refractivity contribution < 1.29 is 23.8 Å². The van der Waals surface area contributed by atoms with Crippen LogP contribution in [-0.2, 0) is 9.53 Å². The normalized spacial score (nSPS) is 10.3. The Morgan fingerprint density at radius 3 is 2.33 bits per heavy atom. The van der Waals surface area contributed by atoms with Crippen LogP contribution < -0.4 is 14.8 Å². The maximum absolute atomic E-state index is 12.2. The molecule has 1 amide bonds. The van der Waals surface area contributed by atoms with Crippen LogP contribution in [-0.4, -0.2) is 32.2 Å². The van der Waals surface area contributed by atoms with Gasteiger partial charge in [-0.25, -0.2) is 4.79 Å². The molecule has 2 rings (SSSR count). The highest BCUT2D eigenvalue weighted by atomic mass is 35.5. The molecule has 0 aliphatic heterocycles. The van der Waals surface area contributed by atoms with Gasteiger partial charge in [0, 0.05) is 5.69 Å². The lowest BCUT2D eigenvalue weighted by Crippen LogP contribution is -2.21. The van der Waals surface area contributed by atoms with Crippen LogP contribution in [0, 0.1) is 13.8 Å². The molecule has 144 valence electrons. The zero-order chi connectivity index (χ0) is 20.0. The highest BCUT2D eigenvalue weighted by Crippen LogP contribution is 2.36. The van der Waals surface area contributed by atoms with E-state index >= 15 is 0 Å².